The Morgan fingerprint density at radius 3 is 1.90 bits per heavy atom. The van der Waals surface area contributed by atoms with E-state index in [0.717, 1.165) is 17.4 Å². The molecule has 0 N–H and O–H groups in total. The molecule has 0 aromatic heterocycles. The van der Waals surface area contributed by atoms with Gasteiger partial charge in [-0.2, -0.15) is 5.92 Å². The van der Waals surface area contributed by atoms with E-state index in [2.05, 4.69) is 47.8 Å². The number of rotatable bonds is 0. The summed E-state index contributed by atoms with van der Waals surface area (Å²) in [6.07, 6.45) is 0. The maximum Gasteiger partial charge on any atom is 2.00 e. The Morgan fingerprint density at radius 2 is 1.45 bits per heavy atom. The van der Waals surface area contributed by atoms with E-state index in [9.17, 15) is 0 Å². The van der Waals surface area contributed by atoms with Crippen LogP contribution in [-0.4, -0.2) is 11.2 Å². The third-order valence-corrected chi connectivity index (χ3v) is 4.44. The third-order valence-electron chi connectivity index (χ3n) is 4.44. The van der Waals surface area contributed by atoms with Crippen LogP contribution in [0, 0.1) is 25.2 Å². The molecular weight excluding hydrogens is 420 g/mol. The molecule has 0 spiro atoms. The molecule has 0 amide bonds. The Kier molecular flexibility index (Phi) is 7.75. The summed E-state index contributed by atoms with van der Waals surface area (Å²) in [5, 5.41) is 0. The number of hydrogen-bond acceptors (Lipinski definition) is 2. The van der Waals surface area contributed by atoms with E-state index in [-0.39, 0.29) is 51.5 Å². The van der Waals surface area contributed by atoms with Crippen molar-refractivity contribution in [3.05, 3.63) is 38.0 Å². The zero-order valence-corrected chi connectivity index (χ0v) is 17.2. The van der Waals surface area contributed by atoms with Crippen LogP contribution in [0.3, 0.4) is 0 Å². The molecule has 0 bridgehead atoms. The van der Waals surface area contributed by atoms with Gasteiger partial charge in [0.05, 0.1) is 17.3 Å². The quantitative estimate of drug-likeness (QED) is 0.488. The average molecular weight is 450 g/mol. The normalized spacial score (nSPS) is 28.6. The summed E-state index contributed by atoms with van der Waals surface area (Å²) in [4.78, 5) is 0. The van der Waals surface area contributed by atoms with Crippen LogP contribution in [0.2, 0.25) is 0 Å². The molecule has 1 heterocycles. The van der Waals surface area contributed by atoms with Crippen LogP contribution < -0.4 is 0 Å². The molecule has 1 saturated heterocycles. The summed E-state index contributed by atoms with van der Waals surface area (Å²) in [5.41, 5.74) is -0.669. The summed E-state index contributed by atoms with van der Waals surface area (Å²) in [6, 6.07) is 0. The van der Waals surface area contributed by atoms with Crippen LogP contribution in [0.5, 0.6) is 0 Å². The van der Waals surface area contributed by atoms with Gasteiger partial charge in [0.1, 0.15) is 5.60 Å². The summed E-state index contributed by atoms with van der Waals surface area (Å²) in [7, 11) is 0. The van der Waals surface area contributed by atoms with Crippen molar-refractivity contribution >= 4 is 0 Å². The molecule has 0 aromatic rings. The Bertz CT molecular complexity index is 358. The van der Waals surface area contributed by atoms with Gasteiger partial charge in [-0.1, -0.05) is 20.4 Å². The van der Waals surface area contributed by atoms with Crippen LogP contribution in [0.25, 0.3) is 0 Å². The van der Waals surface area contributed by atoms with Gasteiger partial charge in [-0.3, -0.25) is 0 Å². The zero-order chi connectivity index (χ0) is 14.3. The first-order valence-corrected chi connectivity index (χ1v) is 6.58. The van der Waals surface area contributed by atoms with E-state index >= 15 is 0 Å². The van der Waals surface area contributed by atoms with Gasteiger partial charge in [0.25, 0.3) is 0 Å². The molecule has 0 saturated carbocycles. The summed E-state index contributed by atoms with van der Waals surface area (Å²) in [6.45, 7) is 22.7. The summed E-state index contributed by atoms with van der Waals surface area (Å²) < 4.78 is 12.1. The Labute approximate surface area is 140 Å². The van der Waals surface area contributed by atoms with Crippen molar-refractivity contribution in [1.29, 1.82) is 0 Å². The van der Waals surface area contributed by atoms with Crippen LogP contribution in [-0.2, 0) is 30.5 Å². The van der Waals surface area contributed by atoms with Crippen LogP contribution >= 0.6 is 0 Å². The molecule has 0 radical (unpaired) electrons. The molecule has 0 aliphatic carbocycles. The van der Waals surface area contributed by atoms with Crippen molar-refractivity contribution in [1.82, 2.24) is 0 Å². The fourth-order valence-electron chi connectivity index (χ4n) is 2.15. The standard InChI is InChI=1S/C16H27O2.CH3.W/c1-10-11(2)15(6,7)18-14(5)12(3)16(8,9)17-13(10)4;;/h11-12H,4-5H2,1-3,6-9H3;1H3;/q2*-1;+2/t11-,12-;;/m1../s1. The molecular formula is C17H30O2W. The smallest absolute Gasteiger partial charge is 0.525 e. The predicted octanol–water partition coefficient (Wildman–Crippen LogP) is 4.93. The van der Waals surface area contributed by atoms with Crippen molar-refractivity contribution < 1.29 is 30.5 Å². The molecule has 2 nitrogen and oxygen atoms in total. The Hall–Kier alpha value is -0.362. The molecule has 0 aromatic carbocycles. The van der Waals surface area contributed by atoms with E-state index in [1.54, 1.807) is 0 Å². The second-order valence-corrected chi connectivity index (χ2v) is 6.43. The van der Waals surface area contributed by atoms with E-state index in [1.807, 2.05) is 13.8 Å². The molecule has 116 valence electrons. The maximum absolute atomic E-state index is 6.10. The molecule has 20 heavy (non-hydrogen) atoms. The first-order valence-electron chi connectivity index (χ1n) is 6.58. The SMILES string of the molecule is C=C1OC(C)(C)[C@H](C)C(=C)OC(C)(C)[C@H](C)[C-]1C.[CH3-].[W+2]. The third kappa shape index (κ3) is 4.32. The number of allylic oxidation sites excluding steroid dienone is 1. The van der Waals surface area contributed by atoms with Crippen LogP contribution in [0.15, 0.2) is 24.7 Å². The minimum Gasteiger partial charge on any atom is -0.525 e. The van der Waals surface area contributed by atoms with Gasteiger partial charge in [0.2, 0.25) is 0 Å². The van der Waals surface area contributed by atoms with Crippen molar-refractivity contribution in [2.45, 2.75) is 59.7 Å². The first kappa shape index (κ1) is 21.9. The molecule has 2 atom stereocenters. The molecule has 3 heteroatoms. The van der Waals surface area contributed by atoms with Crippen molar-refractivity contribution in [2.24, 2.45) is 11.8 Å². The topological polar surface area (TPSA) is 18.5 Å². The molecule has 0 unspecified atom stereocenters. The van der Waals surface area contributed by atoms with Gasteiger partial charge in [0.15, 0.2) is 0 Å². The fourth-order valence-corrected chi connectivity index (χ4v) is 2.15. The van der Waals surface area contributed by atoms with Gasteiger partial charge < -0.3 is 16.9 Å². The van der Waals surface area contributed by atoms with E-state index in [1.165, 1.54) is 0 Å². The van der Waals surface area contributed by atoms with Gasteiger partial charge in [-0.25, -0.2) is 6.58 Å². The molecule has 1 aliphatic rings. The van der Waals surface area contributed by atoms with Gasteiger partial charge in [-0.15, -0.1) is 6.92 Å². The minimum absolute atomic E-state index is 0. The predicted molar refractivity (Wildman–Crippen MR) is 82.3 cm³/mol. The van der Waals surface area contributed by atoms with Crippen LogP contribution in [0.4, 0.5) is 0 Å². The van der Waals surface area contributed by atoms with E-state index < -0.39 is 0 Å². The van der Waals surface area contributed by atoms with Gasteiger partial charge in [0, 0.05) is 0 Å². The molecule has 1 fully saturated rings. The molecule has 1 rings (SSSR count). The number of hydrogen-bond donors (Lipinski definition) is 0. The second-order valence-electron chi connectivity index (χ2n) is 6.43. The Morgan fingerprint density at radius 1 is 1.00 bits per heavy atom. The van der Waals surface area contributed by atoms with Crippen LogP contribution in [0.1, 0.15) is 48.5 Å². The maximum atomic E-state index is 6.10. The fraction of sp³-hybridized carbons (Fsp3) is 0.647. The minimum atomic E-state index is -0.366. The van der Waals surface area contributed by atoms with E-state index in [4.69, 9.17) is 9.47 Å². The number of ether oxygens (including phenoxy) is 2. The summed E-state index contributed by atoms with van der Waals surface area (Å²) >= 11 is 0. The van der Waals surface area contributed by atoms with Crippen molar-refractivity contribution in [3.8, 4) is 0 Å². The van der Waals surface area contributed by atoms with Crippen molar-refractivity contribution in [2.75, 3.05) is 0 Å². The van der Waals surface area contributed by atoms with Crippen molar-refractivity contribution in [3.63, 3.8) is 0 Å². The monoisotopic (exact) mass is 450 g/mol. The largest absolute Gasteiger partial charge is 2.00 e. The average Bonchev–Trinajstić information content (AvgIpc) is 2.24. The van der Waals surface area contributed by atoms with E-state index in [0.29, 0.717) is 0 Å². The van der Waals surface area contributed by atoms with Gasteiger partial charge >= 0.3 is 21.1 Å². The van der Waals surface area contributed by atoms with Gasteiger partial charge in [-0.05, 0) is 39.4 Å². The zero-order valence-electron chi connectivity index (χ0n) is 14.3. The first-order chi connectivity index (χ1) is 7.99. The second kappa shape index (κ2) is 7.07. The molecule has 1 aliphatic heterocycles. The Balaban J connectivity index is 0. The summed E-state index contributed by atoms with van der Waals surface area (Å²) in [5.74, 6) is 2.99.